The Balaban J connectivity index is 0. The number of ether oxygens (including phenoxy) is 2. The van der Waals surface area contributed by atoms with Crippen LogP contribution in [0.2, 0.25) is 0 Å². The maximum absolute atomic E-state index is 5.37. The summed E-state index contributed by atoms with van der Waals surface area (Å²) >= 11 is 0. The summed E-state index contributed by atoms with van der Waals surface area (Å²) in [6.45, 7) is 81.6. The van der Waals surface area contributed by atoms with Crippen molar-refractivity contribution >= 4 is 0 Å². The summed E-state index contributed by atoms with van der Waals surface area (Å²) in [5.41, 5.74) is 2.46. The zero-order valence-corrected chi connectivity index (χ0v) is 57.9. The molecule has 77 heavy (non-hydrogen) atoms. The topological polar surface area (TPSA) is 59.7 Å². The number of piperazine rings is 1. The van der Waals surface area contributed by atoms with Crippen LogP contribution in [-0.2, 0) is 9.47 Å². The number of piperidine rings is 2. The van der Waals surface area contributed by atoms with Gasteiger partial charge in [-0.3, -0.25) is 34.3 Å². The maximum atomic E-state index is 5.37. The first-order chi connectivity index (χ1) is 35.2. The highest BCUT2D eigenvalue weighted by Crippen LogP contribution is 2.22. The Kier molecular flexibility index (Phi) is 39.9. The van der Waals surface area contributed by atoms with Gasteiger partial charge in [0.25, 0.3) is 0 Å². The fourth-order valence-corrected chi connectivity index (χ4v) is 9.78. The second kappa shape index (κ2) is 39.1. The molecule has 0 aliphatic carbocycles. The maximum Gasteiger partial charge on any atom is 0.0594 e. The van der Waals surface area contributed by atoms with Gasteiger partial charge in [-0.05, 0) is 244 Å². The van der Waals surface area contributed by atoms with Crippen molar-refractivity contribution in [1.82, 2.24) is 49.4 Å². The van der Waals surface area contributed by atoms with Gasteiger partial charge in [0.05, 0.1) is 26.4 Å². The zero-order chi connectivity index (χ0) is 59.9. The van der Waals surface area contributed by atoms with Crippen LogP contribution in [0.4, 0.5) is 0 Å². The summed E-state index contributed by atoms with van der Waals surface area (Å²) in [4.78, 5) is 22.3. The van der Waals surface area contributed by atoms with Gasteiger partial charge in [-0.25, -0.2) is 0 Å². The van der Waals surface area contributed by atoms with Crippen LogP contribution < -0.4 is 5.32 Å². The fourth-order valence-electron chi connectivity index (χ4n) is 9.78. The lowest BCUT2D eigenvalue weighted by molar-refractivity contribution is -0.00389. The molecule has 466 valence electrons. The summed E-state index contributed by atoms with van der Waals surface area (Å²) < 4.78 is 10.6. The van der Waals surface area contributed by atoms with E-state index < -0.39 is 0 Å². The third kappa shape index (κ3) is 39.6. The van der Waals surface area contributed by atoms with Crippen LogP contribution in [0.1, 0.15) is 218 Å². The molecular weight excluding hydrogens is 953 g/mol. The first-order valence-corrected chi connectivity index (χ1v) is 31.7. The van der Waals surface area contributed by atoms with E-state index in [9.17, 15) is 0 Å². The van der Waals surface area contributed by atoms with Gasteiger partial charge in [-0.15, -0.1) is 0 Å². The number of likely N-dealkylation sites (N-methyl/N-ethyl adjacent to an activating group) is 1. The van der Waals surface area contributed by atoms with Gasteiger partial charge in [0.15, 0.2) is 0 Å². The van der Waals surface area contributed by atoms with E-state index in [0.29, 0.717) is 38.8 Å². The fraction of sp³-hybridized carbons (Fsp3) is 1.00. The summed E-state index contributed by atoms with van der Waals surface area (Å²) in [6, 6.07) is 0.722. The molecule has 0 aromatic carbocycles. The van der Waals surface area contributed by atoms with Crippen LogP contribution in [0, 0.1) is 0 Å². The number of likely N-dealkylation sites (tertiary alicyclic amines) is 2. The van der Waals surface area contributed by atoms with E-state index in [1.165, 1.54) is 117 Å². The average Bonchev–Trinajstić information content (AvgIpc) is 3.32. The zero-order valence-electron chi connectivity index (χ0n) is 57.9. The Morgan fingerprint density at radius 1 is 0.416 bits per heavy atom. The normalized spacial score (nSPS) is 20.0. The molecule has 5 aliphatic rings. The van der Waals surface area contributed by atoms with Crippen molar-refractivity contribution in [2.45, 2.75) is 263 Å². The quantitative estimate of drug-likeness (QED) is 0.227. The van der Waals surface area contributed by atoms with Crippen molar-refractivity contribution in [2.24, 2.45) is 0 Å². The standard InChI is InChI=1S/C15H31N3O.C10H23N.C9H20N2.C9H19N.C8H17NO.C8H19N.C6H15N/c1-15(2,3)18-7-4-14(5-8-18)16-6-9-17-10-12-19-13-11-17;1-6-8-11(9-7-2)10(3,4)5;1-9(2,3)11-7-5-10(4)6-8-11;1-9(2,3)10-7-5-4-6-8-10;1-8(2,3)9-4-6-10-7-5-9;1-6-9(7-2)8(3,4)5;1-6(2,3)7(4)5/h14,16H,4-13H2,1-3H3;6-9H2,1-5H3;5-8H2,1-4H3;4-8H2,1-3H3;4-7H2,1-3H3;6-7H2,1-5H3;1-5H3. The van der Waals surface area contributed by atoms with Gasteiger partial charge in [-0.2, -0.15) is 0 Å². The van der Waals surface area contributed by atoms with Gasteiger partial charge in [-0.1, -0.05) is 34.1 Å². The highest BCUT2D eigenvalue weighted by molar-refractivity contribution is 4.85. The average molecular weight is 1100 g/mol. The van der Waals surface area contributed by atoms with E-state index in [1.807, 2.05) is 0 Å². The van der Waals surface area contributed by atoms with Crippen LogP contribution in [0.5, 0.6) is 0 Å². The number of rotatable bonds is 10. The predicted octanol–water partition coefficient (Wildman–Crippen LogP) is 12.0. The molecule has 1 N–H and O–H groups in total. The smallest absolute Gasteiger partial charge is 0.0594 e. The molecule has 12 heteroatoms. The van der Waals surface area contributed by atoms with Crippen molar-refractivity contribution in [1.29, 1.82) is 0 Å². The van der Waals surface area contributed by atoms with E-state index in [-0.39, 0.29) is 0 Å². The van der Waals surface area contributed by atoms with Gasteiger partial charge >= 0.3 is 0 Å². The molecule has 0 radical (unpaired) electrons. The molecule has 12 nitrogen and oxygen atoms in total. The highest BCUT2D eigenvalue weighted by Gasteiger charge is 2.28. The minimum absolute atomic E-state index is 0.323. The van der Waals surface area contributed by atoms with Crippen LogP contribution in [-0.4, -0.2) is 254 Å². The molecule has 5 saturated heterocycles. The third-order valence-electron chi connectivity index (χ3n) is 16.1. The molecule has 5 fully saturated rings. The summed E-state index contributed by atoms with van der Waals surface area (Å²) in [5.74, 6) is 0. The van der Waals surface area contributed by atoms with Gasteiger partial charge in [0, 0.05) is 123 Å². The summed E-state index contributed by atoms with van der Waals surface area (Å²) in [5, 5.41) is 3.73. The van der Waals surface area contributed by atoms with Gasteiger partial charge in [0.2, 0.25) is 0 Å². The molecule has 0 saturated carbocycles. The molecule has 0 spiro atoms. The molecule has 0 unspecified atom stereocenters. The SMILES string of the molecule is CC(C)(C)N1CCC(NCCN2CCOCC2)CC1.CC(C)(C)N1CCCCC1.CC(C)(C)N1CCOCC1.CCCN(CCC)C(C)(C)C.CCN(CC)C(C)(C)C.CN(C)C(C)(C)C.CN1CCN(C(C)(C)C)CC1. The molecule has 5 rings (SSSR count). The number of nitrogens with one attached hydrogen (secondary N) is 1. The minimum atomic E-state index is 0.323. The second-order valence-corrected chi connectivity index (χ2v) is 29.9. The van der Waals surface area contributed by atoms with Crippen molar-refractivity contribution in [3.05, 3.63) is 0 Å². The molecule has 0 amide bonds. The lowest BCUT2D eigenvalue weighted by Crippen LogP contribution is -2.52. The summed E-state index contributed by atoms with van der Waals surface area (Å²) in [7, 11) is 6.36. The molecule has 0 aromatic heterocycles. The van der Waals surface area contributed by atoms with Crippen molar-refractivity contribution < 1.29 is 9.47 Å². The number of nitrogens with zero attached hydrogens (tertiary/aromatic N) is 9. The van der Waals surface area contributed by atoms with Crippen LogP contribution >= 0.6 is 0 Å². The summed E-state index contributed by atoms with van der Waals surface area (Å²) in [6.07, 6.45) is 9.34. The Bertz CT molecular complexity index is 1310. The van der Waals surface area contributed by atoms with Crippen molar-refractivity contribution in [2.75, 3.05) is 165 Å². The molecule has 5 aliphatic heterocycles. The molecule has 5 heterocycles. The van der Waals surface area contributed by atoms with Crippen LogP contribution in [0.15, 0.2) is 0 Å². The first-order valence-electron chi connectivity index (χ1n) is 31.7. The number of morpholine rings is 2. The second-order valence-electron chi connectivity index (χ2n) is 29.9. The van der Waals surface area contributed by atoms with E-state index in [2.05, 4.69) is 244 Å². The number of hydrogen-bond donors (Lipinski definition) is 1. The van der Waals surface area contributed by atoms with E-state index in [4.69, 9.17) is 9.47 Å². The molecule has 0 aromatic rings. The van der Waals surface area contributed by atoms with Crippen LogP contribution in [0.25, 0.3) is 0 Å². The predicted molar refractivity (Wildman–Crippen MR) is 344 cm³/mol. The lowest BCUT2D eigenvalue weighted by atomic mass is 9.98. The monoisotopic (exact) mass is 1100 g/mol. The molecule has 0 atom stereocenters. The lowest BCUT2D eigenvalue weighted by Gasteiger charge is -2.41. The van der Waals surface area contributed by atoms with E-state index in [0.717, 1.165) is 78.3 Å². The number of hydrogen-bond acceptors (Lipinski definition) is 12. The molecular formula is C65H144N10O2. The Labute approximate surface area is 485 Å². The Morgan fingerprint density at radius 3 is 1.04 bits per heavy atom. The minimum Gasteiger partial charge on any atom is -0.379 e. The largest absolute Gasteiger partial charge is 0.379 e. The molecule has 0 bridgehead atoms. The van der Waals surface area contributed by atoms with E-state index >= 15 is 0 Å². The van der Waals surface area contributed by atoms with Crippen molar-refractivity contribution in [3.63, 3.8) is 0 Å². The van der Waals surface area contributed by atoms with Crippen molar-refractivity contribution in [3.8, 4) is 0 Å². The van der Waals surface area contributed by atoms with Gasteiger partial charge < -0.3 is 24.6 Å². The van der Waals surface area contributed by atoms with Crippen LogP contribution in [0.3, 0.4) is 0 Å². The van der Waals surface area contributed by atoms with Gasteiger partial charge in [0.1, 0.15) is 0 Å². The highest BCUT2D eigenvalue weighted by atomic mass is 16.5. The van der Waals surface area contributed by atoms with E-state index in [1.54, 1.807) is 0 Å². The first kappa shape index (κ1) is 78.6. The Hall–Kier alpha value is -0.480. The third-order valence-corrected chi connectivity index (χ3v) is 16.1. The Morgan fingerprint density at radius 2 is 0.753 bits per heavy atom.